The van der Waals surface area contributed by atoms with Gasteiger partial charge < -0.3 is 19.7 Å². The van der Waals surface area contributed by atoms with Gasteiger partial charge in [0.05, 0.1) is 18.8 Å². The monoisotopic (exact) mass is 581 g/mol. The van der Waals surface area contributed by atoms with E-state index in [2.05, 4.69) is 5.32 Å². The summed E-state index contributed by atoms with van der Waals surface area (Å²) < 4.78 is 52.4. The number of anilines is 2. The van der Waals surface area contributed by atoms with Crippen LogP contribution >= 0.6 is 0 Å². The molecule has 0 unspecified atom stereocenters. The van der Waals surface area contributed by atoms with Gasteiger partial charge in [0.15, 0.2) is 17.4 Å². The van der Waals surface area contributed by atoms with Gasteiger partial charge in [0.2, 0.25) is 5.82 Å². The van der Waals surface area contributed by atoms with Gasteiger partial charge in [0.25, 0.3) is 11.8 Å². The van der Waals surface area contributed by atoms with Gasteiger partial charge in [-0.2, -0.15) is 4.39 Å². The molecule has 0 aliphatic carbocycles. The van der Waals surface area contributed by atoms with Crippen LogP contribution in [0.5, 0.6) is 5.75 Å². The van der Waals surface area contributed by atoms with Gasteiger partial charge in [0.1, 0.15) is 0 Å². The molecular formula is C31H30F3N3O5. The largest absolute Gasteiger partial charge is 0.488 e. The lowest BCUT2D eigenvalue weighted by atomic mass is 9.89. The molecule has 3 aromatic carbocycles. The third-order valence-corrected chi connectivity index (χ3v) is 7.47. The van der Waals surface area contributed by atoms with E-state index in [4.69, 9.17) is 9.47 Å². The maximum atomic E-state index is 14.6. The highest BCUT2D eigenvalue weighted by molar-refractivity contribution is 6.04. The molecule has 0 saturated carbocycles. The number of hydrogen-bond acceptors (Lipinski definition) is 5. The first-order valence-corrected chi connectivity index (χ1v) is 13.8. The predicted molar refractivity (Wildman–Crippen MR) is 150 cm³/mol. The van der Waals surface area contributed by atoms with Crippen LogP contribution in [0.3, 0.4) is 0 Å². The van der Waals surface area contributed by atoms with E-state index < -0.39 is 34.7 Å². The third kappa shape index (κ3) is 6.05. The fourth-order valence-electron chi connectivity index (χ4n) is 5.22. The second-order valence-electron chi connectivity index (χ2n) is 10.1. The third-order valence-electron chi connectivity index (χ3n) is 7.47. The number of benzene rings is 3. The number of rotatable bonds is 7. The van der Waals surface area contributed by atoms with Crippen molar-refractivity contribution in [1.82, 2.24) is 4.90 Å². The van der Waals surface area contributed by atoms with Crippen molar-refractivity contribution >= 4 is 29.3 Å². The summed E-state index contributed by atoms with van der Waals surface area (Å²) in [5, 5.41) is 2.51. The second kappa shape index (κ2) is 12.5. The number of ether oxygens (including phenoxy) is 2. The van der Waals surface area contributed by atoms with Crippen molar-refractivity contribution in [3.05, 3.63) is 88.7 Å². The minimum atomic E-state index is -1.48. The molecule has 8 nitrogen and oxygen atoms in total. The molecule has 1 N–H and O–H groups in total. The summed E-state index contributed by atoms with van der Waals surface area (Å²) in [4.78, 5) is 41.0. The first-order chi connectivity index (χ1) is 20.3. The Morgan fingerprint density at radius 2 is 1.67 bits per heavy atom. The van der Waals surface area contributed by atoms with E-state index in [0.29, 0.717) is 49.2 Å². The van der Waals surface area contributed by atoms with Gasteiger partial charge in [-0.25, -0.2) is 13.6 Å². The van der Waals surface area contributed by atoms with E-state index in [9.17, 15) is 27.6 Å². The molecule has 2 aliphatic rings. The Hall–Kier alpha value is -4.54. The average Bonchev–Trinajstić information content (AvgIpc) is 3.01. The van der Waals surface area contributed by atoms with Crippen LogP contribution in [0.1, 0.15) is 58.4 Å². The molecule has 2 saturated heterocycles. The maximum absolute atomic E-state index is 14.6. The Balaban J connectivity index is 1.16. The van der Waals surface area contributed by atoms with Crippen molar-refractivity contribution in [2.24, 2.45) is 0 Å². The number of halogens is 3. The Kier molecular flexibility index (Phi) is 8.65. The molecule has 42 heavy (non-hydrogen) atoms. The summed E-state index contributed by atoms with van der Waals surface area (Å²) in [6.07, 6.45) is 1.86. The van der Waals surface area contributed by atoms with Crippen LogP contribution in [-0.2, 0) is 4.74 Å². The molecule has 3 aromatic rings. The van der Waals surface area contributed by atoms with E-state index in [1.165, 1.54) is 6.92 Å². The highest BCUT2D eigenvalue weighted by Gasteiger charge is 2.27. The van der Waals surface area contributed by atoms with Gasteiger partial charge in [-0.15, -0.1) is 0 Å². The lowest BCUT2D eigenvalue weighted by Gasteiger charge is -2.32. The van der Waals surface area contributed by atoms with E-state index in [1.54, 1.807) is 41.3 Å². The number of cyclic esters (lactones) is 1. The van der Waals surface area contributed by atoms with Gasteiger partial charge >= 0.3 is 6.09 Å². The second-order valence-corrected chi connectivity index (χ2v) is 10.1. The summed E-state index contributed by atoms with van der Waals surface area (Å²) in [6.45, 7) is 3.52. The van der Waals surface area contributed by atoms with E-state index >= 15 is 0 Å². The zero-order valence-electron chi connectivity index (χ0n) is 23.0. The molecule has 0 spiro atoms. The molecule has 11 heteroatoms. The number of hydrogen-bond donors (Lipinski definition) is 1. The Morgan fingerprint density at radius 3 is 2.31 bits per heavy atom. The smallest absolute Gasteiger partial charge is 0.414 e. The SMILES string of the molecule is CCOc1c(F)c(F)cc(C(=O)Nc2ccc(C3CCN(C(=O)c4ccc(N5CCCOC5=O)cc4)CC3)cc2)c1F. The molecule has 220 valence electrons. The van der Waals surface area contributed by atoms with E-state index in [1.807, 2.05) is 17.0 Å². The van der Waals surface area contributed by atoms with Gasteiger partial charge in [-0.3, -0.25) is 14.5 Å². The highest BCUT2D eigenvalue weighted by Crippen LogP contribution is 2.31. The van der Waals surface area contributed by atoms with Crippen LogP contribution in [0.15, 0.2) is 54.6 Å². The summed E-state index contributed by atoms with van der Waals surface area (Å²) >= 11 is 0. The lowest BCUT2D eigenvalue weighted by Crippen LogP contribution is -2.38. The standard InChI is InChI=1S/C31H30F3N3O5/c1-2-41-28-26(33)24(18-25(32)27(28)34)29(38)35-22-8-4-19(5-9-22)20-12-15-36(16-13-20)30(39)21-6-10-23(11-7-21)37-14-3-17-42-31(37)40/h4-11,18,20H,2-3,12-17H2,1H3,(H,35,38). The van der Waals surface area contributed by atoms with Crippen molar-refractivity contribution in [1.29, 1.82) is 0 Å². The van der Waals surface area contributed by atoms with Crippen molar-refractivity contribution in [3.63, 3.8) is 0 Å². The summed E-state index contributed by atoms with van der Waals surface area (Å²) in [6, 6.07) is 14.5. The summed E-state index contributed by atoms with van der Waals surface area (Å²) in [5.41, 5.74) is 1.96. The number of carbonyl (C=O) groups is 3. The minimum Gasteiger partial charge on any atom is -0.488 e. The number of nitrogens with one attached hydrogen (secondary N) is 1. The molecule has 0 bridgehead atoms. The van der Waals surface area contributed by atoms with Crippen molar-refractivity contribution < 1.29 is 37.0 Å². The lowest BCUT2D eigenvalue weighted by molar-refractivity contribution is 0.0713. The van der Waals surface area contributed by atoms with Crippen molar-refractivity contribution in [3.8, 4) is 5.75 Å². The normalized spacial score (nSPS) is 15.8. The number of carbonyl (C=O) groups excluding carboxylic acids is 3. The fourth-order valence-corrected chi connectivity index (χ4v) is 5.22. The molecule has 0 aromatic heterocycles. The first-order valence-electron chi connectivity index (χ1n) is 13.8. The summed E-state index contributed by atoms with van der Waals surface area (Å²) in [5.74, 6) is -5.87. The zero-order chi connectivity index (χ0) is 29.8. The molecule has 0 radical (unpaired) electrons. The van der Waals surface area contributed by atoms with Crippen molar-refractivity contribution in [2.45, 2.75) is 32.1 Å². The Bertz CT molecular complexity index is 1470. The maximum Gasteiger partial charge on any atom is 0.414 e. The van der Waals surface area contributed by atoms with E-state index in [-0.39, 0.29) is 24.5 Å². The number of amides is 3. The Labute approximate surface area is 241 Å². The van der Waals surface area contributed by atoms with Crippen LogP contribution in [0.2, 0.25) is 0 Å². The number of piperidine rings is 1. The fraction of sp³-hybridized carbons (Fsp3) is 0.323. The molecule has 3 amide bonds. The van der Waals surface area contributed by atoms with Gasteiger partial charge in [-0.05, 0) is 80.1 Å². The number of nitrogens with zero attached hydrogens (tertiary/aromatic N) is 2. The first kappa shape index (κ1) is 29.0. The van der Waals surface area contributed by atoms with Gasteiger partial charge in [-0.1, -0.05) is 12.1 Å². The molecule has 5 rings (SSSR count). The van der Waals surface area contributed by atoms with Crippen LogP contribution in [-0.4, -0.2) is 55.7 Å². The van der Waals surface area contributed by atoms with E-state index in [0.717, 1.165) is 24.8 Å². The molecule has 2 heterocycles. The van der Waals surface area contributed by atoms with Crippen LogP contribution in [0, 0.1) is 17.5 Å². The average molecular weight is 582 g/mol. The number of likely N-dealkylation sites (tertiary alicyclic amines) is 1. The molecule has 0 atom stereocenters. The Morgan fingerprint density at radius 1 is 0.976 bits per heavy atom. The quantitative estimate of drug-likeness (QED) is 0.340. The van der Waals surface area contributed by atoms with Crippen LogP contribution in [0.25, 0.3) is 0 Å². The molecule has 2 fully saturated rings. The zero-order valence-corrected chi connectivity index (χ0v) is 23.0. The van der Waals surface area contributed by atoms with Crippen LogP contribution in [0.4, 0.5) is 29.3 Å². The highest BCUT2D eigenvalue weighted by atomic mass is 19.2. The van der Waals surface area contributed by atoms with Gasteiger partial charge in [0, 0.05) is 36.6 Å². The predicted octanol–water partition coefficient (Wildman–Crippen LogP) is 6.12. The molecule has 2 aliphatic heterocycles. The topological polar surface area (TPSA) is 88.2 Å². The summed E-state index contributed by atoms with van der Waals surface area (Å²) in [7, 11) is 0. The minimum absolute atomic E-state index is 0.0729. The molecular weight excluding hydrogens is 551 g/mol. The van der Waals surface area contributed by atoms with Crippen LogP contribution < -0.4 is 15.0 Å². The van der Waals surface area contributed by atoms with Crippen molar-refractivity contribution in [2.75, 3.05) is 43.1 Å².